The van der Waals surface area contributed by atoms with E-state index >= 15 is 0 Å². The summed E-state index contributed by atoms with van der Waals surface area (Å²) in [7, 11) is 0. The van der Waals surface area contributed by atoms with E-state index in [2.05, 4.69) is 16.4 Å². The molecule has 5 rings (SSSR count). The van der Waals surface area contributed by atoms with E-state index in [1.54, 1.807) is 11.3 Å². The second-order valence-electron chi connectivity index (χ2n) is 7.06. The first-order chi connectivity index (χ1) is 12.6. The zero-order valence-electron chi connectivity index (χ0n) is 14.7. The lowest BCUT2D eigenvalue weighted by Crippen LogP contribution is -2.48. The van der Waals surface area contributed by atoms with Crippen LogP contribution in [0.5, 0.6) is 0 Å². The maximum Gasteiger partial charge on any atom is 0.253 e. The molecule has 2 aliphatic rings. The van der Waals surface area contributed by atoms with Gasteiger partial charge in [0.25, 0.3) is 5.91 Å². The van der Waals surface area contributed by atoms with Crippen molar-refractivity contribution in [1.82, 2.24) is 9.88 Å². The maximum atomic E-state index is 13.0. The largest absolute Gasteiger partial charge is 0.370 e. The van der Waals surface area contributed by atoms with Crippen molar-refractivity contribution in [2.45, 2.75) is 31.8 Å². The zero-order valence-corrected chi connectivity index (χ0v) is 16.3. The van der Waals surface area contributed by atoms with Gasteiger partial charge in [0.15, 0.2) is 0 Å². The Morgan fingerprint density at radius 3 is 2.96 bits per heavy atom. The van der Waals surface area contributed by atoms with Crippen LogP contribution in [0.4, 0.5) is 0 Å². The number of nitrogens with zero attached hydrogens (tertiary/aromatic N) is 2. The normalized spacial score (nSPS) is 19.0. The van der Waals surface area contributed by atoms with Crippen molar-refractivity contribution < 1.29 is 9.53 Å². The number of hydrogen-bond acceptors (Lipinski definition) is 5. The number of thiazole rings is 1. The highest BCUT2D eigenvalue weighted by molar-refractivity contribution is 7.18. The molecule has 1 fully saturated rings. The molecule has 1 aromatic carbocycles. The van der Waals surface area contributed by atoms with Gasteiger partial charge in [-0.15, -0.1) is 22.7 Å². The lowest BCUT2D eigenvalue weighted by atomic mass is 9.82. The Morgan fingerprint density at radius 2 is 2.12 bits per heavy atom. The first-order valence-electron chi connectivity index (χ1n) is 9.02. The van der Waals surface area contributed by atoms with Crippen LogP contribution in [0, 0.1) is 6.92 Å². The van der Waals surface area contributed by atoms with E-state index in [0.717, 1.165) is 59.7 Å². The van der Waals surface area contributed by atoms with Crippen LogP contribution in [0.15, 0.2) is 29.6 Å². The Hall–Kier alpha value is -1.76. The number of thiophene rings is 1. The Kier molecular flexibility index (Phi) is 3.88. The number of piperidine rings is 1. The van der Waals surface area contributed by atoms with E-state index in [-0.39, 0.29) is 11.5 Å². The summed E-state index contributed by atoms with van der Waals surface area (Å²) in [6.45, 7) is 4.28. The first kappa shape index (κ1) is 16.4. The summed E-state index contributed by atoms with van der Waals surface area (Å²) in [6.07, 6.45) is 2.78. The van der Waals surface area contributed by atoms with Crippen molar-refractivity contribution in [2.75, 3.05) is 19.7 Å². The average molecular weight is 385 g/mol. The first-order valence-corrected chi connectivity index (χ1v) is 10.7. The van der Waals surface area contributed by atoms with Crippen LogP contribution in [0.3, 0.4) is 0 Å². The SMILES string of the molecule is Cc1nc2ccc(C(=O)N3CCC4(CC3)OCCc3sccc34)cc2s1. The van der Waals surface area contributed by atoms with Gasteiger partial charge in [-0.3, -0.25) is 4.79 Å². The minimum atomic E-state index is -0.177. The molecule has 4 heterocycles. The standard InChI is InChI=1S/C20H20N2O2S2/c1-13-21-16-3-2-14(12-18(16)26-13)19(23)22-8-6-20(7-9-22)15-5-11-25-17(15)4-10-24-20/h2-3,5,11-12H,4,6-10H2,1H3. The minimum Gasteiger partial charge on any atom is -0.370 e. The summed E-state index contributed by atoms with van der Waals surface area (Å²) in [5.41, 5.74) is 2.92. The molecule has 1 amide bonds. The van der Waals surface area contributed by atoms with Crippen LogP contribution < -0.4 is 0 Å². The number of aromatic nitrogens is 1. The summed E-state index contributed by atoms with van der Waals surface area (Å²) < 4.78 is 7.33. The van der Waals surface area contributed by atoms with E-state index < -0.39 is 0 Å². The molecular weight excluding hydrogens is 364 g/mol. The van der Waals surface area contributed by atoms with Crippen molar-refractivity contribution in [3.05, 3.63) is 50.7 Å². The molecule has 0 saturated carbocycles. The Balaban J connectivity index is 1.36. The summed E-state index contributed by atoms with van der Waals surface area (Å²) in [4.78, 5) is 20.9. The molecule has 0 bridgehead atoms. The van der Waals surface area contributed by atoms with Gasteiger partial charge < -0.3 is 9.64 Å². The molecule has 1 spiro atoms. The number of aryl methyl sites for hydroxylation is 1. The summed E-state index contributed by atoms with van der Waals surface area (Å²) in [5.74, 6) is 0.120. The van der Waals surface area contributed by atoms with Gasteiger partial charge >= 0.3 is 0 Å². The Bertz CT molecular complexity index is 983. The van der Waals surface area contributed by atoms with Crippen LogP contribution in [0.2, 0.25) is 0 Å². The van der Waals surface area contributed by atoms with Crippen LogP contribution in [0.1, 0.15) is 38.6 Å². The lowest BCUT2D eigenvalue weighted by molar-refractivity contribution is -0.0926. The number of ether oxygens (including phenoxy) is 1. The minimum absolute atomic E-state index is 0.120. The predicted octanol–water partition coefficient (Wildman–Crippen LogP) is 4.37. The highest BCUT2D eigenvalue weighted by atomic mass is 32.1. The van der Waals surface area contributed by atoms with Crippen molar-refractivity contribution in [3.8, 4) is 0 Å². The summed E-state index contributed by atoms with van der Waals surface area (Å²) in [6, 6.07) is 8.07. The summed E-state index contributed by atoms with van der Waals surface area (Å²) in [5, 5.41) is 3.20. The number of hydrogen-bond donors (Lipinski definition) is 0. The van der Waals surface area contributed by atoms with E-state index in [1.807, 2.05) is 41.4 Å². The maximum absolute atomic E-state index is 13.0. The molecule has 26 heavy (non-hydrogen) atoms. The lowest BCUT2D eigenvalue weighted by Gasteiger charge is -2.44. The fourth-order valence-electron chi connectivity index (χ4n) is 4.20. The molecule has 1 saturated heterocycles. The molecule has 0 aliphatic carbocycles. The van der Waals surface area contributed by atoms with Crippen LogP contribution >= 0.6 is 22.7 Å². The number of amides is 1. The molecule has 3 aromatic rings. The molecule has 6 heteroatoms. The number of rotatable bonds is 1. The van der Waals surface area contributed by atoms with Crippen molar-refractivity contribution in [2.24, 2.45) is 0 Å². The second-order valence-corrected chi connectivity index (χ2v) is 9.29. The van der Waals surface area contributed by atoms with Gasteiger partial charge in [-0.1, -0.05) is 0 Å². The molecule has 2 aliphatic heterocycles. The molecule has 2 aromatic heterocycles. The number of fused-ring (bicyclic) bond motifs is 3. The van der Waals surface area contributed by atoms with E-state index in [9.17, 15) is 4.79 Å². The number of benzene rings is 1. The van der Waals surface area contributed by atoms with E-state index in [0.29, 0.717) is 0 Å². The van der Waals surface area contributed by atoms with Crippen LogP contribution in [-0.2, 0) is 16.8 Å². The Morgan fingerprint density at radius 1 is 1.27 bits per heavy atom. The third-order valence-corrected chi connectivity index (χ3v) is 7.46. The van der Waals surface area contributed by atoms with Gasteiger partial charge in [0.2, 0.25) is 0 Å². The molecule has 0 atom stereocenters. The fraction of sp³-hybridized carbons (Fsp3) is 0.400. The van der Waals surface area contributed by atoms with E-state index in [1.165, 1.54) is 10.4 Å². The molecule has 4 nitrogen and oxygen atoms in total. The zero-order chi connectivity index (χ0) is 17.7. The van der Waals surface area contributed by atoms with Gasteiger partial charge in [-0.2, -0.15) is 0 Å². The number of carbonyl (C=O) groups excluding carboxylic acids is 1. The third kappa shape index (κ3) is 2.59. The van der Waals surface area contributed by atoms with Gasteiger partial charge in [0.1, 0.15) is 0 Å². The monoisotopic (exact) mass is 384 g/mol. The second kappa shape index (κ2) is 6.15. The number of carbonyl (C=O) groups is 1. The van der Waals surface area contributed by atoms with Crippen LogP contribution in [-0.4, -0.2) is 35.5 Å². The van der Waals surface area contributed by atoms with Crippen molar-refractivity contribution in [3.63, 3.8) is 0 Å². The third-order valence-electron chi connectivity index (χ3n) is 5.54. The summed E-state index contributed by atoms with van der Waals surface area (Å²) >= 11 is 3.48. The van der Waals surface area contributed by atoms with Gasteiger partial charge in [0, 0.05) is 30.0 Å². The Labute approximate surface area is 160 Å². The van der Waals surface area contributed by atoms with Crippen molar-refractivity contribution >= 4 is 38.8 Å². The average Bonchev–Trinajstić information content (AvgIpc) is 3.27. The fourth-order valence-corrected chi connectivity index (χ4v) is 6.01. The quantitative estimate of drug-likeness (QED) is 0.626. The molecule has 134 valence electrons. The van der Waals surface area contributed by atoms with Gasteiger partial charge in [0.05, 0.1) is 27.4 Å². The van der Waals surface area contributed by atoms with Crippen LogP contribution in [0.25, 0.3) is 10.2 Å². The smallest absolute Gasteiger partial charge is 0.253 e. The predicted molar refractivity (Wildman–Crippen MR) is 105 cm³/mol. The topological polar surface area (TPSA) is 42.4 Å². The molecular formula is C20H20N2O2S2. The highest BCUT2D eigenvalue weighted by Crippen LogP contribution is 2.43. The van der Waals surface area contributed by atoms with Crippen molar-refractivity contribution in [1.29, 1.82) is 0 Å². The molecule has 0 N–H and O–H groups in total. The highest BCUT2D eigenvalue weighted by Gasteiger charge is 2.42. The van der Waals surface area contributed by atoms with E-state index in [4.69, 9.17) is 4.74 Å². The van der Waals surface area contributed by atoms with Gasteiger partial charge in [-0.05, 0) is 55.0 Å². The molecule has 0 radical (unpaired) electrons. The van der Waals surface area contributed by atoms with Gasteiger partial charge in [-0.25, -0.2) is 4.98 Å². The molecule has 0 unspecified atom stereocenters. The number of likely N-dealkylation sites (tertiary alicyclic amines) is 1.